The highest BCUT2D eigenvalue weighted by Crippen LogP contribution is 2.46. The van der Waals surface area contributed by atoms with E-state index in [9.17, 15) is 4.79 Å². The number of benzene rings is 1. The monoisotopic (exact) mass is 448 g/mol. The highest BCUT2D eigenvalue weighted by molar-refractivity contribution is 5.78. The number of hydrogen-bond donors (Lipinski definition) is 0. The quantitative estimate of drug-likeness (QED) is 0.516. The normalized spacial score (nSPS) is 17.5. The number of carbonyl (C=O) groups is 1. The van der Waals surface area contributed by atoms with Crippen LogP contribution in [0, 0.1) is 5.92 Å². The van der Waals surface area contributed by atoms with E-state index >= 15 is 0 Å². The number of nitrogens with zero attached hydrogens (tertiary/aromatic N) is 4. The van der Waals surface area contributed by atoms with Gasteiger partial charge in [-0.15, -0.1) is 0 Å². The molecule has 0 spiro atoms. The lowest BCUT2D eigenvalue weighted by atomic mass is 9.73. The molecule has 1 aromatic carbocycles. The van der Waals surface area contributed by atoms with E-state index in [0.717, 1.165) is 36.4 Å². The first-order valence-corrected chi connectivity index (χ1v) is 11.4. The third kappa shape index (κ3) is 4.84. The molecule has 33 heavy (non-hydrogen) atoms. The smallest absolute Gasteiger partial charge is 0.260 e. The minimum absolute atomic E-state index is 0.00463. The lowest BCUT2D eigenvalue weighted by Gasteiger charge is -2.40. The zero-order chi connectivity index (χ0) is 22.7. The molecule has 0 radical (unpaired) electrons. The van der Waals surface area contributed by atoms with E-state index in [1.165, 1.54) is 12.8 Å². The van der Waals surface area contributed by atoms with Crippen molar-refractivity contribution in [3.8, 4) is 23.0 Å². The summed E-state index contributed by atoms with van der Waals surface area (Å²) in [6.07, 6.45) is 8.66. The molecule has 5 rings (SSSR count). The first-order valence-electron chi connectivity index (χ1n) is 11.4. The molecule has 3 heterocycles. The average Bonchev–Trinajstić information content (AvgIpc) is 3.53. The Hall–Kier alpha value is -3.42. The molecule has 0 N–H and O–H groups in total. The molecule has 1 amide bonds. The topological polar surface area (TPSA) is 90.6 Å². The Labute approximate surface area is 192 Å². The molecule has 1 aliphatic heterocycles. The van der Waals surface area contributed by atoms with Crippen molar-refractivity contribution in [2.75, 3.05) is 26.8 Å². The van der Waals surface area contributed by atoms with Crippen molar-refractivity contribution in [2.24, 2.45) is 5.92 Å². The second-order valence-corrected chi connectivity index (χ2v) is 8.94. The lowest BCUT2D eigenvalue weighted by Crippen LogP contribution is -2.47. The standard InChI is InChI=1S/C25H28N4O4/c1-31-20-6-8-21(9-7-20)32-17-22(30)29-13-10-25(11-14-29,15-18-4-5-18)24-27-23(33-28-24)19-3-2-12-26-16-19/h2-3,6-9,12,16,18H,4-5,10-11,13-15,17H2,1H3. The van der Waals surface area contributed by atoms with Gasteiger partial charge in [0.05, 0.1) is 12.7 Å². The number of likely N-dealkylation sites (tertiary alicyclic amines) is 1. The maximum absolute atomic E-state index is 12.8. The molecular formula is C25H28N4O4. The molecule has 2 aliphatic rings. The Morgan fingerprint density at radius 1 is 1.15 bits per heavy atom. The summed E-state index contributed by atoms with van der Waals surface area (Å²) in [6, 6.07) is 11.0. The number of piperidine rings is 1. The minimum atomic E-state index is -0.154. The van der Waals surface area contributed by atoms with Gasteiger partial charge in [-0.3, -0.25) is 9.78 Å². The number of amides is 1. The van der Waals surface area contributed by atoms with Crippen LogP contribution in [0.5, 0.6) is 11.5 Å². The van der Waals surface area contributed by atoms with Crippen molar-refractivity contribution < 1.29 is 18.8 Å². The second-order valence-electron chi connectivity index (χ2n) is 8.94. The van der Waals surface area contributed by atoms with Gasteiger partial charge in [-0.05, 0) is 61.6 Å². The molecule has 1 saturated heterocycles. The van der Waals surface area contributed by atoms with Crippen LogP contribution in [0.4, 0.5) is 0 Å². The zero-order valence-electron chi connectivity index (χ0n) is 18.8. The van der Waals surface area contributed by atoms with Gasteiger partial charge >= 0.3 is 0 Å². The fourth-order valence-corrected chi connectivity index (χ4v) is 4.53. The van der Waals surface area contributed by atoms with Gasteiger partial charge in [-0.1, -0.05) is 18.0 Å². The summed E-state index contributed by atoms with van der Waals surface area (Å²) in [4.78, 5) is 23.6. The summed E-state index contributed by atoms with van der Waals surface area (Å²) in [5, 5.41) is 4.38. The third-order valence-electron chi connectivity index (χ3n) is 6.68. The average molecular weight is 449 g/mol. The lowest BCUT2D eigenvalue weighted by molar-refractivity contribution is -0.135. The van der Waals surface area contributed by atoms with E-state index in [4.69, 9.17) is 19.0 Å². The van der Waals surface area contributed by atoms with Crippen LogP contribution < -0.4 is 9.47 Å². The minimum Gasteiger partial charge on any atom is -0.497 e. The fraction of sp³-hybridized carbons (Fsp3) is 0.440. The van der Waals surface area contributed by atoms with E-state index in [1.807, 2.05) is 29.2 Å². The van der Waals surface area contributed by atoms with E-state index in [-0.39, 0.29) is 17.9 Å². The predicted molar refractivity (Wildman–Crippen MR) is 121 cm³/mol. The highest BCUT2D eigenvalue weighted by Gasteiger charge is 2.44. The molecule has 172 valence electrons. The van der Waals surface area contributed by atoms with Crippen molar-refractivity contribution in [3.63, 3.8) is 0 Å². The number of methoxy groups -OCH3 is 1. The third-order valence-corrected chi connectivity index (χ3v) is 6.68. The van der Waals surface area contributed by atoms with Gasteiger partial charge in [-0.2, -0.15) is 4.98 Å². The summed E-state index contributed by atoms with van der Waals surface area (Å²) in [6.45, 7) is 1.35. The van der Waals surface area contributed by atoms with Crippen LogP contribution in [-0.2, 0) is 10.2 Å². The fourth-order valence-electron chi connectivity index (χ4n) is 4.53. The molecule has 8 heteroatoms. The van der Waals surface area contributed by atoms with Crippen molar-refractivity contribution >= 4 is 5.91 Å². The summed E-state index contributed by atoms with van der Waals surface area (Å²) in [7, 11) is 1.62. The van der Waals surface area contributed by atoms with Gasteiger partial charge in [0.2, 0.25) is 0 Å². The maximum Gasteiger partial charge on any atom is 0.260 e. The first-order chi connectivity index (χ1) is 16.1. The van der Waals surface area contributed by atoms with Crippen molar-refractivity contribution in [2.45, 2.75) is 37.5 Å². The molecule has 1 aliphatic carbocycles. The molecule has 0 bridgehead atoms. The second kappa shape index (κ2) is 9.21. The van der Waals surface area contributed by atoms with Gasteiger partial charge in [0.1, 0.15) is 11.5 Å². The van der Waals surface area contributed by atoms with E-state index in [1.54, 1.807) is 31.6 Å². The SMILES string of the molecule is COc1ccc(OCC(=O)N2CCC(CC3CC3)(c3noc(-c4cccnc4)n3)CC2)cc1. The van der Waals surface area contributed by atoms with Crippen LogP contribution in [0.3, 0.4) is 0 Å². The molecule has 2 aromatic heterocycles. The van der Waals surface area contributed by atoms with Crippen LogP contribution in [0.15, 0.2) is 53.3 Å². The van der Waals surface area contributed by atoms with Crippen LogP contribution in [0.25, 0.3) is 11.5 Å². The van der Waals surface area contributed by atoms with E-state index < -0.39 is 0 Å². The Balaban J connectivity index is 1.23. The van der Waals surface area contributed by atoms with Crippen molar-refractivity contribution in [3.05, 3.63) is 54.6 Å². The van der Waals surface area contributed by atoms with Crippen LogP contribution in [0.2, 0.25) is 0 Å². The van der Waals surface area contributed by atoms with E-state index in [2.05, 4.69) is 10.1 Å². The highest BCUT2D eigenvalue weighted by atomic mass is 16.5. The molecule has 1 saturated carbocycles. The van der Waals surface area contributed by atoms with Gasteiger partial charge in [0, 0.05) is 30.9 Å². The molecule has 3 aromatic rings. The Kier molecular flexibility index (Phi) is 5.98. The van der Waals surface area contributed by atoms with Crippen LogP contribution >= 0.6 is 0 Å². The van der Waals surface area contributed by atoms with Crippen molar-refractivity contribution in [1.82, 2.24) is 20.0 Å². The summed E-state index contributed by atoms with van der Waals surface area (Å²) in [5.41, 5.74) is 0.666. The number of aromatic nitrogens is 3. The number of pyridine rings is 1. The first kappa shape index (κ1) is 21.4. The summed E-state index contributed by atoms with van der Waals surface area (Å²) >= 11 is 0. The van der Waals surface area contributed by atoms with Crippen molar-refractivity contribution in [1.29, 1.82) is 0 Å². The number of ether oxygens (including phenoxy) is 2. The molecule has 0 atom stereocenters. The summed E-state index contributed by atoms with van der Waals surface area (Å²) in [5.74, 6) is 3.37. The molecule has 8 nitrogen and oxygen atoms in total. The molecule has 2 fully saturated rings. The number of rotatable bonds is 8. The zero-order valence-corrected chi connectivity index (χ0v) is 18.8. The van der Waals surface area contributed by atoms with Gasteiger partial charge in [0.25, 0.3) is 11.8 Å². The van der Waals surface area contributed by atoms with E-state index in [0.29, 0.717) is 30.6 Å². The van der Waals surface area contributed by atoms with Gasteiger partial charge < -0.3 is 18.9 Å². The number of hydrogen-bond acceptors (Lipinski definition) is 7. The molecule has 0 unspecified atom stereocenters. The predicted octanol–water partition coefficient (Wildman–Crippen LogP) is 3.88. The van der Waals surface area contributed by atoms with Crippen LogP contribution in [-0.4, -0.2) is 52.7 Å². The van der Waals surface area contributed by atoms with Gasteiger partial charge in [0.15, 0.2) is 12.4 Å². The van der Waals surface area contributed by atoms with Crippen LogP contribution in [0.1, 0.15) is 37.9 Å². The number of carbonyl (C=O) groups excluding carboxylic acids is 1. The Morgan fingerprint density at radius 3 is 2.58 bits per heavy atom. The largest absolute Gasteiger partial charge is 0.497 e. The summed E-state index contributed by atoms with van der Waals surface area (Å²) < 4.78 is 16.4. The Morgan fingerprint density at radius 2 is 1.91 bits per heavy atom. The maximum atomic E-state index is 12.8. The van der Waals surface area contributed by atoms with Gasteiger partial charge in [-0.25, -0.2) is 0 Å². The Bertz CT molecular complexity index is 1070. The molecular weight excluding hydrogens is 420 g/mol.